The van der Waals surface area contributed by atoms with Crippen LogP contribution in [0.4, 0.5) is 0 Å². The highest BCUT2D eigenvalue weighted by molar-refractivity contribution is 8.00. The first-order chi connectivity index (χ1) is 13.8. The number of amides is 3. The molecule has 1 heterocycles. The molecule has 2 rings (SSSR count). The van der Waals surface area contributed by atoms with Crippen molar-refractivity contribution < 1.29 is 14.4 Å². The van der Waals surface area contributed by atoms with E-state index in [2.05, 4.69) is 16.0 Å². The maximum absolute atomic E-state index is 12.5. The molecule has 2 atom stereocenters. The Morgan fingerprint density at radius 1 is 1.17 bits per heavy atom. The van der Waals surface area contributed by atoms with Crippen LogP contribution in [0.1, 0.15) is 46.1 Å². The molecule has 0 spiro atoms. The average molecular weight is 421 g/mol. The van der Waals surface area contributed by atoms with Gasteiger partial charge in [0.15, 0.2) is 0 Å². The van der Waals surface area contributed by atoms with E-state index in [0.717, 1.165) is 5.56 Å². The zero-order valence-electron chi connectivity index (χ0n) is 17.6. The van der Waals surface area contributed by atoms with E-state index in [1.807, 2.05) is 62.9 Å². The van der Waals surface area contributed by atoms with Crippen molar-refractivity contribution in [1.82, 2.24) is 20.9 Å². The summed E-state index contributed by atoms with van der Waals surface area (Å²) in [4.78, 5) is 38.7. The number of thioether (sulfide) groups is 1. The Hall–Kier alpha value is -2.06. The second-order valence-electron chi connectivity index (χ2n) is 7.78. The van der Waals surface area contributed by atoms with Crippen LogP contribution >= 0.6 is 11.8 Å². The molecule has 1 aliphatic rings. The van der Waals surface area contributed by atoms with E-state index in [1.165, 1.54) is 11.8 Å². The number of benzene rings is 1. The Bertz CT molecular complexity index is 688. The third kappa shape index (κ3) is 7.70. The molecule has 3 amide bonds. The Morgan fingerprint density at radius 3 is 2.45 bits per heavy atom. The lowest BCUT2D eigenvalue weighted by atomic mass is 10.1. The number of hydrogen-bond acceptors (Lipinski definition) is 5. The third-order valence-corrected chi connectivity index (χ3v) is 5.65. The molecule has 1 aromatic rings. The van der Waals surface area contributed by atoms with Gasteiger partial charge in [0.05, 0.1) is 5.75 Å². The van der Waals surface area contributed by atoms with Gasteiger partial charge in [-0.05, 0) is 33.3 Å². The van der Waals surface area contributed by atoms with Gasteiger partial charge in [0.25, 0.3) is 0 Å². The summed E-state index contributed by atoms with van der Waals surface area (Å²) in [5, 5.41) is 8.99. The maximum Gasteiger partial charge on any atom is 0.233 e. The molecule has 3 N–H and O–H groups in total. The number of carbonyl (C=O) groups is 3. The van der Waals surface area contributed by atoms with Crippen LogP contribution in [0, 0.1) is 0 Å². The van der Waals surface area contributed by atoms with Gasteiger partial charge in [-0.25, -0.2) is 0 Å². The summed E-state index contributed by atoms with van der Waals surface area (Å²) in [6.07, 6.45) is 0.462. The summed E-state index contributed by atoms with van der Waals surface area (Å²) in [5.74, 6) is 0.0888. The Labute approximate surface area is 177 Å². The Kier molecular flexibility index (Phi) is 8.98. The number of nitrogens with zero attached hydrogens (tertiary/aromatic N) is 1. The molecule has 0 radical (unpaired) electrons. The number of hydrogen-bond donors (Lipinski definition) is 3. The largest absolute Gasteiger partial charge is 0.352 e. The minimum atomic E-state index is -0.381. The summed E-state index contributed by atoms with van der Waals surface area (Å²) < 4.78 is 0. The highest BCUT2D eigenvalue weighted by Gasteiger charge is 2.29. The first kappa shape index (κ1) is 23.2. The molecule has 1 aliphatic heterocycles. The van der Waals surface area contributed by atoms with Gasteiger partial charge >= 0.3 is 0 Å². The molecule has 0 bridgehead atoms. The SMILES string of the molecule is CC(C)N(C(=O)CSC1NC(=O)CC(CC(=O)NCc2ccccc2)N1)C(C)C. The highest BCUT2D eigenvalue weighted by atomic mass is 32.2. The third-order valence-electron chi connectivity index (χ3n) is 4.65. The molecule has 0 aliphatic carbocycles. The van der Waals surface area contributed by atoms with Gasteiger partial charge in [-0.1, -0.05) is 30.3 Å². The molecule has 160 valence electrons. The van der Waals surface area contributed by atoms with Crippen molar-refractivity contribution in [3.63, 3.8) is 0 Å². The van der Waals surface area contributed by atoms with Crippen molar-refractivity contribution in [2.45, 2.75) is 70.7 Å². The molecule has 1 aromatic carbocycles. The van der Waals surface area contributed by atoms with E-state index in [1.54, 1.807) is 0 Å². The van der Waals surface area contributed by atoms with Crippen molar-refractivity contribution in [2.24, 2.45) is 0 Å². The van der Waals surface area contributed by atoms with Gasteiger partial charge < -0.3 is 15.5 Å². The van der Waals surface area contributed by atoms with Crippen LogP contribution in [-0.4, -0.2) is 52.0 Å². The summed E-state index contributed by atoms with van der Waals surface area (Å²) in [7, 11) is 0. The molecule has 1 saturated heterocycles. The van der Waals surface area contributed by atoms with Crippen molar-refractivity contribution in [1.29, 1.82) is 0 Å². The minimum absolute atomic E-state index is 0.0405. The van der Waals surface area contributed by atoms with Gasteiger partial charge in [-0.3, -0.25) is 19.7 Å². The zero-order valence-corrected chi connectivity index (χ0v) is 18.4. The fraction of sp³-hybridized carbons (Fsp3) is 0.571. The standard InChI is InChI=1S/C21H32N4O3S/c1-14(2)25(15(3)4)20(28)13-29-21-23-17(11-19(27)24-21)10-18(26)22-12-16-8-6-5-7-9-16/h5-9,14-15,17,21,23H,10-13H2,1-4H3,(H,22,26)(H,24,27). The summed E-state index contributed by atoms with van der Waals surface area (Å²) in [6.45, 7) is 8.44. The summed E-state index contributed by atoms with van der Waals surface area (Å²) in [5.41, 5.74) is 0.648. The fourth-order valence-corrected chi connectivity index (χ4v) is 4.42. The molecule has 29 heavy (non-hydrogen) atoms. The second-order valence-corrected chi connectivity index (χ2v) is 8.87. The average Bonchev–Trinajstić information content (AvgIpc) is 2.64. The first-order valence-electron chi connectivity index (χ1n) is 10.0. The van der Waals surface area contributed by atoms with Gasteiger partial charge in [-0.15, -0.1) is 11.8 Å². The Morgan fingerprint density at radius 2 is 1.83 bits per heavy atom. The molecule has 1 fully saturated rings. The molecular formula is C21H32N4O3S. The van der Waals surface area contributed by atoms with Crippen LogP contribution < -0.4 is 16.0 Å². The van der Waals surface area contributed by atoms with Crippen molar-refractivity contribution in [3.8, 4) is 0 Å². The topological polar surface area (TPSA) is 90.5 Å². The molecule has 2 unspecified atom stereocenters. The van der Waals surface area contributed by atoms with E-state index < -0.39 is 0 Å². The van der Waals surface area contributed by atoms with E-state index >= 15 is 0 Å². The number of carbonyl (C=O) groups excluding carboxylic acids is 3. The second kappa shape index (κ2) is 11.2. The van der Waals surface area contributed by atoms with Crippen LogP contribution in [0.25, 0.3) is 0 Å². The van der Waals surface area contributed by atoms with Gasteiger partial charge in [0.2, 0.25) is 17.7 Å². The maximum atomic E-state index is 12.5. The smallest absolute Gasteiger partial charge is 0.233 e. The molecule has 0 saturated carbocycles. The summed E-state index contributed by atoms with van der Waals surface area (Å²) >= 11 is 1.35. The first-order valence-corrected chi connectivity index (χ1v) is 11.1. The number of rotatable bonds is 9. The van der Waals surface area contributed by atoms with Crippen LogP contribution in [0.5, 0.6) is 0 Å². The quantitative estimate of drug-likeness (QED) is 0.567. The lowest BCUT2D eigenvalue weighted by Gasteiger charge is -2.33. The van der Waals surface area contributed by atoms with Crippen LogP contribution in [0.15, 0.2) is 30.3 Å². The fourth-order valence-electron chi connectivity index (χ4n) is 3.46. The van der Waals surface area contributed by atoms with Crippen molar-refractivity contribution in [2.75, 3.05) is 5.75 Å². The normalized spacial score (nSPS) is 19.2. The van der Waals surface area contributed by atoms with Gasteiger partial charge in [0, 0.05) is 37.5 Å². The van der Waals surface area contributed by atoms with E-state index in [-0.39, 0.29) is 59.9 Å². The number of nitrogens with one attached hydrogen (secondary N) is 3. The Balaban J connectivity index is 1.81. The molecule has 7 nitrogen and oxygen atoms in total. The van der Waals surface area contributed by atoms with Gasteiger partial charge in [0.1, 0.15) is 5.50 Å². The van der Waals surface area contributed by atoms with E-state index in [9.17, 15) is 14.4 Å². The molecular weight excluding hydrogens is 388 g/mol. The molecule has 8 heteroatoms. The monoisotopic (exact) mass is 420 g/mol. The van der Waals surface area contributed by atoms with Crippen molar-refractivity contribution >= 4 is 29.5 Å². The summed E-state index contributed by atoms with van der Waals surface area (Å²) in [6, 6.07) is 9.69. The predicted molar refractivity (Wildman–Crippen MR) is 116 cm³/mol. The zero-order chi connectivity index (χ0) is 21.4. The minimum Gasteiger partial charge on any atom is -0.352 e. The van der Waals surface area contributed by atoms with Crippen LogP contribution in [0.3, 0.4) is 0 Å². The van der Waals surface area contributed by atoms with Gasteiger partial charge in [-0.2, -0.15) is 0 Å². The lowest BCUT2D eigenvalue weighted by molar-refractivity contribution is -0.132. The lowest BCUT2D eigenvalue weighted by Crippen LogP contribution is -2.56. The highest BCUT2D eigenvalue weighted by Crippen LogP contribution is 2.16. The molecule has 0 aromatic heterocycles. The van der Waals surface area contributed by atoms with E-state index in [4.69, 9.17) is 0 Å². The van der Waals surface area contributed by atoms with Crippen LogP contribution in [-0.2, 0) is 20.9 Å². The predicted octanol–water partition coefficient (Wildman–Crippen LogP) is 1.83. The van der Waals surface area contributed by atoms with E-state index in [0.29, 0.717) is 6.54 Å². The van der Waals surface area contributed by atoms with Crippen LogP contribution in [0.2, 0.25) is 0 Å². The van der Waals surface area contributed by atoms with Crippen molar-refractivity contribution in [3.05, 3.63) is 35.9 Å².